The van der Waals surface area contributed by atoms with E-state index in [-0.39, 0.29) is 11.6 Å². The number of hydrogen-bond donors (Lipinski definition) is 0. The Morgan fingerprint density at radius 2 is 1.74 bits per heavy atom. The van der Waals surface area contributed by atoms with Crippen LogP contribution in [-0.2, 0) is 16.1 Å². The van der Waals surface area contributed by atoms with Crippen molar-refractivity contribution in [2.24, 2.45) is 4.99 Å². The van der Waals surface area contributed by atoms with Gasteiger partial charge in [-0.15, -0.1) is 0 Å². The number of benzene rings is 3. The van der Waals surface area contributed by atoms with E-state index < -0.39 is 5.97 Å². The number of hydrogen-bond acceptors (Lipinski definition) is 5. The molecule has 6 heteroatoms. The highest BCUT2D eigenvalue weighted by molar-refractivity contribution is 9.10. The Bertz CT molecular complexity index is 1170. The summed E-state index contributed by atoms with van der Waals surface area (Å²) in [4.78, 5) is 16.6. The van der Waals surface area contributed by atoms with Gasteiger partial charge in [0.2, 0.25) is 5.90 Å². The van der Waals surface area contributed by atoms with Crippen LogP contribution in [0.5, 0.6) is 11.5 Å². The number of nitrogens with zero attached hydrogens (tertiary/aromatic N) is 1. The second-order valence-electron chi connectivity index (χ2n) is 7.03. The molecule has 0 bridgehead atoms. The van der Waals surface area contributed by atoms with Crippen molar-refractivity contribution >= 4 is 33.9 Å². The van der Waals surface area contributed by atoms with E-state index >= 15 is 0 Å². The summed E-state index contributed by atoms with van der Waals surface area (Å²) in [6.45, 7) is 2.48. The Balaban J connectivity index is 1.52. The van der Waals surface area contributed by atoms with Gasteiger partial charge in [0.1, 0.15) is 6.61 Å². The third-order valence-electron chi connectivity index (χ3n) is 4.72. The van der Waals surface area contributed by atoms with Crippen LogP contribution in [0.4, 0.5) is 0 Å². The van der Waals surface area contributed by atoms with Crippen molar-refractivity contribution in [3.05, 3.63) is 99.2 Å². The van der Waals surface area contributed by atoms with E-state index in [1.165, 1.54) is 5.56 Å². The van der Waals surface area contributed by atoms with Crippen LogP contribution in [0.3, 0.4) is 0 Å². The molecule has 3 aromatic carbocycles. The zero-order valence-corrected chi connectivity index (χ0v) is 18.7. The van der Waals surface area contributed by atoms with Gasteiger partial charge in [-0.25, -0.2) is 9.79 Å². The maximum atomic E-state index is 12.3. The maximum Gasteiger partial charge on any atom is 0.363 e. The number of cyclic esters (lactones) is 1. The molecule has 0 amide bonds. The fourth-order valence-corrected chi connectivity index (χ4v) is 3.29. The Labute approximate surface area is 189 Å². The van der Waals surface area contributed by atoms with E-state index in [0.717, 1.165) is 21.2 Å². The molecule has 0 radical (unpaired) electrons. The first-order valence-corrected chi connectivity index (χ1v) is 10.5. The molecule has 1 heterocycles. The minimum absolute atomic E-state index is 0.230. The predicted octanol–water partition coefficient (Wildman–Crippen LogP) is 5.69. The van der Waals surface area contributed by atoms with E-state index in [2.05, 4.69) is 33.1 Å². The number of methoxy groups -OCH3 is 1. The van der Waals surface area contributed by atoms with Crippen molar-refractivity contribution in [3.8, 4) is 11.5 Å². The molecule has 0 aromatic heterocycles. The van der Waals surface area contributed by atoms with Gasteiger partial charge in [0, 0.05) is 10.0 Å². The predicted molar refractivity (Wildman–Crippen MR) is 123 cm³/mol. The Kier molecular flexibility index (Phi) is 6.18. The quantitative estimate of drug-likeness (QED) is 0.338. The summed E-state index contributed by atoms with van der Waals surface area (Å²) in [5.74, 6) is 0.994. The van der Waals surface area contributed by atoms with Gasteiger partial charge in [-0.3, -0.25) is 0 Å². The van der Waals surface area contributed by atoms with Gasteiger partial charge in [-0.1, -0.05) is 51.8 Å². The van der Waals surface area contributed by atoms with Crippen LogP contribution < -0.4 is 9.47 Å². The van der Waals surface area contributed by atoms with Crippen molar-refractivity contribution in [1.29, 1.82) is 0 Å². The fourth-order valence-electron chi connectivity index (χ4n) is 3.02. The average molecular weight is 478 g/mol. The summed E-state index contributed by atoms with van der Waals surface area (Å²) in [5.41, 5.74) is 4.00. The largest absolute Gasteiger partial charge is 0.493 e. The standard InChI is InChI=1S/C25H20BrNO4/c1-16-3-5-17(6-4-16)15-30-22-12-7-18(14-23(22)29-2)13-21-25(28)31-24(27-21)19-8-10-20(26)11-9-19/h3-14H,15H2,1-2H3/b21-13-. The highest BCUT2D eigenvalue weighted by Crippen LogP contribution is 2.30. The van der Waals surface area contributed by atoms with E-state index in [4.69, 9.17) is 14.2 Å². The third-order valence-corrected chi connectivity index (χ3v) is 5.25. The molecule has 156 valence electrons. The summed E-state index contributed by atoms with van der Waals surface area (Å²) < 4.78 is 17.7. The van der Waals surface area contributed by atoms with Crippen LogP contribution in [0, 0.1) is 6.92 Å². The highest BCUT2D eigenvalue weighted by Gasteiger charge is 2.24. The maximum absolute atomic E-state index is 12.3. The molecule has 0 unspecified atom stereocenters. The van der Waals surface area contributed by atoms with Crippen LogP contribution >= 0.6 is 15.9 Å². The number of rotatable bonds is 6. The summed E-state index contributed by atoms with van der Waals surface area (Å²) in [6.07, 6.45) is 1.67. The van der Waals surface area contributed by atoms with E-state index in [0.29, 0.717) is 18.1 Å². The number of carbonyl (C=O) groups is 1. The van der Waals surface area contributed by atoms with Crippen molar-refractivity contribution < 1.29 is 19.0 Å². The molecule has 0 fully saturated rings. The normalized spacial score (nSPS) is 14.4. The van der Waals surface area contributed by atoms with Gasteiger partial charge in [-0.05, 0) is 60.5 Å². The van der Waals surface area contributed by atoms with Crippen LogP contribution in [0.1, 0.15) is 22.3 Å². The van der Waals surface area contributed by atoms with Gasteiger partial charge in [0.05, 0.1) is 7.11 Å². The zero-order valence-electron chi connectivity index (χ0n) is 17.1. The van der Waals surface area contributed by atoms with E-state index in [1.807, 2.05) is 55.5 Å². The lowest BCUT2D eigenvalue weighted by molar-refractivity contribution is -0.129. The van der Waals surface area contributed by atoms with Gasteiger partial charge >= 0.3 is 5.97 Å². The van der Waals surface area contributed by atoms with Crippen molar-refractivity contribution in [2.75, 3.05) is 7.11 Å². The first-order chi connectivity index (χ1) is 15.0. The molecule has 0 spiro atoms. The lowest BCUT2D eigenvalue weighted by atomic mass is 10.1. The second-order valence-corrected chi connectivity index (χ2v) is 7.94. The highest BCUT2D eigenvalue weighted by atomic mass is 79.9. The molecule has 3 aromatic rings. The second kappa shape index (κ2) is 9.18. The van der Waals surface area contributed by atoms with E-state index in [9.17, 15) is 4.79 Å². The van der Waals surface area contributed by atoms with Gasteiger partial charge in [0.15, 0.2) is 17.2 Å². The Hall–Kier alpha value is -3.38. The average Bonchev–Trinajstić information content (AvgIpc) is 3.14. The lowest BCUT2D eigenvalue weighted by Crippen LogP contribution is -2.05. The number of halogens is 1. The topological polar surface area (TPSA) is 57.1 Å². The molecule has 5 nitrogen and oxygen atoms in total. The van der Waals surface area contributed by atoms with Crippen molar-refractivity contribution in [2.45, 2.75) is 13.5 Å². The minimum Gasteiger partial charge on any atom is -0.493 e. The summed E-state index contributed by atoms with van der Waals surface area (Å²) in [5, 5.41) is 0. The fraction of sp³-hybridized carbons (Fsp3) is 0.120. The monoisotopic (exact) mass is 477 g/mol. The molecule has 4 rings (SSSR count). The van der Waals surface area contributed by atoms with Gasteiger partial charge in [-0.2, -0.15) is 0 Å². The zero-order chi connectivity index (χ0) is 21.8. The molecule has 1 aliphatic heterocycles. The van der Waals surface area contributed by atoms with Crippen molar-refractivity contribution in [3.63, 3.8) is 0 Å². The molecule has 1 aliphatic rings. The number of carbonyl (C=O) groups excluding carboxylic acids is 1. The van der Waals surface area contributed by atoms with Crippen LogP contribution in [-0.4, -0.2) is 19.0 Å². The van der Waals surface area contributed by atoms with Crippen molar-refractivity contribution in [1.82, 2.24) is 0 Å². The Morgan fingerprint density at radius 1 is 1.00 bits per heavy atom. The molecular weight excluding hydrogens is 458 g/mol. The summed E-state index contributed by atoms with van der Waals surface area (Å²) in [7, 11) is 1.58. The van der Waals surface area contributed by atoms with Crippen LogP contribution in [0.2, 0.25) is 0 Å². The SMILES string of the molecule is COc1cc(/C=C2\N=C(c3ccc(Br)cc3)OC2=O)ccc1OCc1ccc(C)cc1. The number of aryl methyl sites for hydroxylation is 1. The lowest BCUT2D eigenvalue weighted by Gasteiger charge is -2.11. The molecule has 0 saturated heterocycles. The number of aliphatic imine (C=N–C) groups is 1. The van der Waals surface area contributed by atoms with Crippen LogP contribution in [0.15, 0.2) is 81.9 Å². The summed E-state index contributed by atoms with van der Waals surface area (Å²) in [6, 6.07) is 21.0. The molecule has 0 atom stereocenters. The van der Waals surface area contributed by atoms with Gasteiger partial charge < -0.3 is 14.2 Å². The smallest absolute Gasteiger partial charge is 0.363 e. The molecule has 0 saturated carbocycles. The summed E-state index contributed by atoms with van der Waals surface area (Å²) >= 11 is 3.39. The van der Waals surface area contributed by atoms with Crippen LogP contribution in [0.25, 0.3) is 6.08 Å². The molecule has 0 N–H and O–H groups in total. The molecule has 0 aliphatic carbocycles. The molecular formula is C25H20BrNO4. The molecule has 31 heavy (non-hydrogen) atoms. The van der Waals surface area contributed by atoms with E-state index in [1.54, 1.807) is 19.3 Å². The number of esters is 1. The number of ether oxygens (including phenoxy) is 3. The minimum atomic E-state index is -0.489. The third kappa shape index (κ3) is 5.03. The van der Waals surface area contributed by atoms with Gasteiger partial charge in [0.25, 0.3) is 0 Å². The Morgan fingerprint density at radius 3 is 2.45 bits per heavy atom. The first-order valence-electron chi connectivity index (χ1n) is 9.67. The first kappa shape index (κ1) is 20.9.